The third kappa shape index (κ3) is 2.22. The highest BCUT2D eigenvalue weighted by Gasteiger charge is 2.13. The minimum atomic E-state index is -0.520. The molecule has 1 aromatic carbocycles. The van der Waals surface area contributed by atoms with Crippen molar-refractivity contribution >= 4 is 16.9 Å². The van der Waals surface area contributed by atoms with Crippen molar-refractivity contribution in [1.82, 2.24) is 25.1 Å². The van der Waals surface area contributed by atoms with Gasteiger partial charge in [-0.05, 0) is 24.3 Å². The number of rotatable bonds is 3. The summed E-state index contributed by atoms with van der Waals surface area (Å²) in [5.74, 6) is 0.420. The van der Waals surface area contributed by atoms with Gasteiger partial charge in [-0.2, -0.15) is 0 Å². The van der Waals surface area contributed by atoms with Crippen molar-refractivity contribution in [3.05, 3.63) is 48.5 Å². The molecule has 0 unspecified atom stereocenters. The quantitative estimate of drug-likeness (QED) is 0.594. The molecule has 23 heavy (non-hydrogen) atoms. The SMILES string of the molecule is NC(=O)c1cccc2[nH]c(-c3ccc(-c4nnco4)cn3)nc12. The lowest BCUT2D eigenvalue weighted by molar-refractivity contribution is 0.100. The Hall–Kier alpha value is -3.55. The van der Waals surface area contributed by atoms with Crippen molar-refractivity contribution in [1.29, 1.82) is 0 Å². The predicted octanol–water partition coefficient (Wildman–Crippen LogP) is 1.77. The smallest absolute Gasteiger partial charge is 0.250 e. The van der Waals surface area contributed by atoms with Crippen LogP contribution in [0.3, 0.4) is 0 Å². The molecule has 0 atom stereocenters. The predicted molar refractivity (Wildman–Crippen MR) is 81.1 cm³/mol. The normalized spacial score (nSPS) is 11.0. The molecule has 3 aromatic heterocycles. The molecule has 4 rings (SSSR count). The molecule has 0 radical (unpaired) electrons. The number of benzene rings is 1. The molecule has 0 bridgehead atoms. The van der Waals surface area contributed by atoms with Crippen molar-refractivity contribution in [3.8, 4) is 23.0 Å². The van der Waals surface area contributed by atoms with E-state index in [9.17, 15) is 4.79 Å². The molecule has 0 aliphatic carbocycles. The van der Waals surface area contributed by atoms with Gasteiger partial charge in [-0.3, -0.25) is 9.78 Å². The van der Waals surface area contributed by atoms with Gasteiger partial charge in [-0.1, -0.05) is 6.07 Å². The first-order chi connectivity index (χ1) is 11.2. The summed E-state index contributed by atoms with van der Waals surface area (Å²) in [6.45, 7) is 0. The Kier molecular flexibility index (Phi) is 2.87. The zero-order chi connectivity index (χ0) is 15.8. The number of carbonyl (C=O) groups excluding carboxylic acids is 1. The van der Waals surface area contributed by atoms with Crippen LogP contribution in [0.1, 0.15) is 10.4 Å². The number of fused-ring (bicyclic) bond motifs is 1. The summed E-state index contributed by atoms with van der Waals surface area (Å²) in [7, 11) is 0. The number of H-pyrrole nitrogens is 1. The van der Waals surface area contributed by atoms with E-state index < -0.39 is 5.91 Å². The molecular formula is C15H10N6O2. The van der Waals surface area contributed by atoms with Crippen LogP contribution in [0, 0.1) is 0 Å². The first-order valence-electron chi connectivity index (χ1n) is 6.74. The maximum Gasteiger partial charge on any atom is 0.250 e. The van der Waals surface area contributed by atoms with Gasteiger partial charge in [0.15, 0.2) is 5.82 Å². The molecular weight excluding hydrogens is 296 g/mol. The van der Waals surface area contributed by atoms with Gasteiger partial charge in [0.1, 0.15) is 11.2 Å². The highest BCUT2D eigenvalue weighted by Crippen LogP contribution is 2.23. The summed E-state index contributed by atoms with van der Waals surface area (Å²) in [5, 5.41) is 7.45. The Balaban J connectivity index is 1.77. The highest BCUT2D eigenvalue weighted by molar-refractivity contribution is 6.04. The Bertz CT molecular complexity index is 989. The third-order valence-electron chi connectivity index (χ3n) is 3.39. The van der Waals surface area contributed by atoms with Crippen LogP contribution in [-0.2, 0) is 0 Å². The number of amides is 1. The molecule has 0 aliphatic heterocycles. The van der Waals surface area contributed by atoms with Crippen molar-refractivity contribution in [2.75, 3.05) is 0 Å². The van der Waals surface area contributed by atoms with Gasteiger partial charge in [0, 0.05) is 6.20 Å². The number of carbonyl (C=O) groups is 1. The van der Waals surface area contributed by atoms with Crippen LogP contribution in [0.4, 0.5) is 0 Å². The second kappa shape index (κ2) is 5.02. The minimum Gasteiger partial charge on any atom is -0.423 e. The monoisotopic (exact) mass is 306 g/mol. The fourth-order valence-electron chi connectivity index (χ4n) is 2.31. The third-order valence-corrected chi connectivity index (χ3v) is 3.39. The second-order valence-electron chi connectivity index (χ2n) is 4.83. The van der Waals surface area contributed by atoms with Crippen molar-refractivity contribution in [3.63, 3.8) is 0 Å². The molecule has 0 spiro atoms. The van der Waals surface area contributed by atoms with Gasteiger partial charge in [0.25, 0.3) is 5.91 Å². The van der Waals surface area contributed by atoms with Crippen molar-refractivity contribution in [2.45, 2.75) is 0 Å². The van der Waals surface area contributed by atoms with Crippen LogP contribution >= 0.6 is 0 Å². The number of pyridine rings is 1. The summed E-state index contributed by atoms with van der Waals surface area (Å²) in [6.07, 6.45) is 2.87. The Morgan fingerprint density at radius 3 is 2.83 bits per heavy atom. The molecule has 112 valence electrons. The number of hydrogen-bond acceptors (Lipinski definition) is 6. The van der Waals surface area contributed by atoms with Crippen LogP contribution in [0.25, 0.3) is 34.0 Å². The van der Waals surface area contributed by atoms with E-state index in [4.69, 9.17) is 10.2 Å². The van der Waals surface area contributed by atoms with E-state index in [1.165, 1.54) is 6.39 Å². The lowest BCUT2D eigenvalue weighted by atomic mass is 10.2. The molecule has 8 heteroatoms. The number of aromatic nitrogens is 5. The van der Waals surface area contributed by atoms with Gasteiger partial charge in [0.05, 0.1) is 16.6 Å². The number of imidazole rings is 1. The van der Waals surface area contributed by atoms with Crippen LogP contribution in [0.5, 0.6) is 0 Å². The van der Waals surface area contributed by atoms with E-state index in [2.05, 4.69) is 25.1 Å². The molecule has 8 nitrogen and oxygen atoms in total. The van der Waals surface area contributed by atoms with Crippen LogP contribution < -0.4 is 5.73 Å². The van der Waals surface area contributed by atoms with Gasteiger partial charge >= 0.3 is 0 Å². The number of aromatic amines is 1. The van der Waals surface area contributed by atoms with Gasteiger partial charge < -0.3 is 15.1 Å². The highest BCUT2D eigenvalue weighted by atomic mass is 16.4. The van der Waals surface area contributed by atoms with E-state index in [-0.39, 0.29) is 0 Å². The van der Waals surface area contributed by atoms with Gasteiger partial charge in [-0.25, -0.2) is 4.98 Å². The number of nitrogens with zero attached hydrogens (tertiary/aromatic N) is 4. The van der Waals surface area contributed by atoms with Crippen LogP contribution in [0.2, 0.25) is 0 Å². The molecule has 0 saturated carbocycles. The summed E-state index contributed by atoms with van der Waals surface area (Å²) in [5.41, 5.74) is 8.32. The molecule has 0 aliphatic rings. The summed E-state index contributed by atoms with van der Waals surface area (Å²) in [4.78, 5) is 23.4. The maximum absolute atomic E-state index is 11.5. The molecule has 0 fully saturated rings. The average molecular weight is 306 g/mol. The maximum atomic E-state index is 11.5. The fraction of sp³-hybridized carbons (Fsp3) is 0. The van der Waals surface area contributed by atoms with Crippen molar-refractivity contribution < 1.29 is 9.21 Å². The topological polar surface area (TPSA) is 124 Å². The second-order valence-corrected chi connectivity index (χ2v) is 4.83. The number of nitrogens with two attached hydrogens (primary N) is 1. The Morgan fingerprint density at radius 2 is 2.13 bits per heavy atom. The zero-order valence-corrected chi connectivity index (χ0v) is 11.7. The van der Waals surface area contributed by atoms with Crippen LogP contribution in [-0.4, -0.2) is 31.1 Å². The summed E-state index contributed by atoms with van der Waals surface area (Å²) >= 11 is 0. The lowest BCUT2D eigenvalue weighted by Crippen LogP contribution is -2.11. The summed E-state index contributed by atoms with van der Waals surface area (Å²) in [6, 6.07) is 8.79. The van der Waals surface area contributed by atoms with Gasteiger partial charge in [0.2, 0.25) is 12.3 Å². The average Bonchev–Trinajstić information content (AvgIpc) is 3.24. The molecule has 4 aromatic rings. The summed E-state index contributed by atoms with van der Waals surface area (Å²) < 4.78 is 5.12. The zero-order valence-electron chi connectivity index (χ0n) is 11.7. The number of nitrogens with one attached hydrogen (secondary N) is 1. The number of hydrogen-bond donors (Lipinski definition) is 2. The Labute approximate surface area is 129 Å². The largest absolute Gasteiger partial charge is 0.423 e. The molecule has 1 amide bonds. The van der Waals surface area contributed by atoms with E-state index >= 15 is 0 Å². The molecule has 0 saturated heterocycles. The van der Waals surface area contributed by atoms with Crippen molar-refractivity contribution in [2.24, 2.45) is 5.73 Å². The van der Waals surface area contributed by atoms with E-state index in [0.29, 0.717) is 34.1 Å². The Morgan fingerprint density at radius 1 is 1.22 bits per heavy atom. The first-order valence-corrected chi connectivity index (χ1v) is 6.74. The number of primary amides is 1. The van der Waals surface area contributed by atoms with E-state index in [0.717, 1.165) is 5.52 Å². The van der Waals surface area contributed by atoms with E-state index in [1.807, 2.05) is 6.07 Å². The van der Waals surface area contributed by atoms with Crippen LogP contribution in [0.15, 0.2) is 47.3 Å². The lowest BCUT2D eigenvalue weighted by Gasteiger charge is -1.97. The minimum absolute atomic E-state index is 0.368. The van der Waals surface area contributed by atoms with Gasteiger partial charge in [-0.15, -0.1) is 10.2 Å². The first kappa shape index (κ1) is 13.1. The number of para-hydroxylation sites is 1. The molecule has 3 N–H and O–H groups in total. The standard InChI is InChI=1S/C15H10N6O2/c16-13(22)9-2-1-3-10-12(9)20-14(19-10)11-5-4-8(6-17-11)15-21-18-7-23-15/h1-7H,(H2,16,22)(H,19,20). The fourth-order valence-corrected chi connectivity index (χ4v) is 2.31. The van der Waals surface area contributed by atoms with E-state index in [1.54, 1.807) is 30.5 Å². The molecule has 3 heterocycles.